The first-order chi connectivity index (χ1) is 13.4. The van der Waals surface area contributed by atoms with E-state index in [-0.39, 0.29) is 28.3 Å². The van der Waals surface area contributed by atoms with E-state index in [0.29, 0.717) is 25.1 Å². The summed E-state index contributed by atoms with van der Waals surface area (Å²) in [7, 11) is 1.65. The Kier molecular flexibility index (Phi) is 6.34. The van der Waals surface area contributed by atoms with E-state index in [4.69, 9.17) is 0 Å². The summed E-state index contributed by atoms with van der Waals surface area (Å²) >= 11 is 1.49. The smallest absolute Gasteiger partial charge is 0.253 e. The Labute approximate surface area is 167 Å². The Morgan fingerprint density at radius 1 is 1.14 bits per heavy atom. The largest absolute Gasteiger partial charge is 0.342 e. The van der Waals surface area contributed by atoms with E-state index in [9.17, 15) is 18.4 Å². The van der Waals surface area contributed by atoms with Gasteiger partial charge in [0.1, 0.15) is 17.0 Å². The Morgan fingerprint density at radius 3 is 2.50 bits per heavy atom. The van der Waals surface area contributed by atoms with Gasteiger partial charge in [-0.1, -0.05) is 18.2 Å². The molecule has 2 aromatic carbocycles. The number of benzene rings is 2. The van der Waals surface area contributed by atoms with Crippen LogP contribution in [0.4, 0.5) is 8.78 Å². The molecule has 0 radical (unpaired) electrons. The molecule has 1 saturated heterocycles. The maximum atomic E-state index is 13.6. The summed E-state index contributed by atoms with van der Waals surface area (Å²) in [6.45, 7) is 2.73. The van der Waals surface area contributed by atoms with Crippen molar-refractivity contribution in [2.75, 3.05) is 20.1 Å². The maximum Gasteiger partial charge on any atom is 0.253 e. The van der Waals surface area contributed by atoms with E-state index in [0.717, 1.165) is 5.56 Å². The molecule has 1 fully saturated rings. The summed E-state index contributed by atoms with van der Waals surface area (Å²) in [6, 6.07) is 11.9. The van der Waals surface area contributed by atoms with Crippen LogP contribution < -0.4 is 0 Å². The van der Waals surface area contributed by atoms with Crippen LogP contribution in [0.3, 0.4) is 0 Å². The second-order valence-electron chi connectivity index (χ2n) is 6.81. The highest BCUT2D eigenvalue weighted by atomic mass is 32.2. The second kappa shape index (κ2) is 8.73. The van der Waals surface area contributed by atoms with E-state index in [1.54, 1.807) is 24.1 Å². The first-order valence-corrected chi connectivity index (χ1v) is 10.0. The molecule has 7 heteroatoms. The summed E-state index contributed by atoms with van der Waals surface area (Å²) in [4.78, 5) is 28.2. The number of thioether (sulfide) groups is 1. The van der Waals surface area contributed by atoms with Gasteiger partial charge in [0.15, 0.2) is 0 Å². The zero-order valence-corrected chi connectivity index (χ0v) is 16.6. The van der Waals surface area contributed by atoms with Gasteiger partial charge in [0.25, 0.3) is 5.91 Å². The quantitative estimate of drug-likeness (QED) is 0.728. The molecular formula is C21H22F2N2O2S. The SMILES string of the molecule is C[C@@H]1S[C@@H](c2cccc(F)c2)N(CCCN(C)C(=O)c2cccc(F)c2)C1=O. The van der Waals surface area contributed by atoms with Gasteiger partial charge >= 0.3 is 0 Å². The molecule has 0 saturated carbocycles. The molecule has 4 nitrogen and oxygen atoms in total. The van der Waals surface area contributed by atoms with Gasteiger partial charge in [0.05, 0.1) is 5.25 Å². The molecule has 0 spiro atoms. The Hall–Kier alpha value is -2.41. The molecule has 0 bridgehead atoms. The molecule has 0 aromatic heterocycles. The van der Waals surface area contributed by atoms with Crippen molar-refractivity contribution in [1.29, 1.82) is 0 Å². The van der Waals surface area contributed by atoms with Gasteiger partial charge < -0.3 is 9.80 Å². The first kappa shape index (κ1) is 20.3. The number of nitrogens with zero attached hydrogens (tertiary/aromatic N) is 2. The normalized spacial score (nSPS) is 19.1. The van der Waals surface area contributed by atoms with Crippen molar-refractivity contribution >= 4 is 23.6 Å². The lowest BCUT2D eigenvalue weighted by molar-refractivity contribution is -0.129. The molecule has 0 unspecified atom stereocenters. The summed E-state index contributed by atoms with van der Waals surface area (Å²) < 4.78 is 26.9. The van der Waals surface area contributed by atoms with Crippen LogP contribution in [-0.2, 0) is 4.79 Å². The van der Waals surface area contributed by atoms with Crippen molar-refractivity contribution < 1.29 is 18.4 Å². The van der Waals surface area contributed by atoms with Crippen molar-refractivity contribution in [1.82, 2.24) is 9.80 Å². The van der Waals surface area contributed by atoms with Gasteiger partial charge in [0.2, 0.25) is 5.91 Å². The van der Waals surface area contributed by atoms with Crippen LogP contribution in [0, 0.1) is 11.6 Å². The second-order valence-corrected chi connectivity index (χ2v) is 8.23. The fraction of sp³-hybridized carbons (Fsp3) is 0.333. The average Bonchev–Trinajstić information content (AvgIpc) is 2.96. The zero-order valence-electron chi connectivity index (χ0n) is 15.8. The predicted octanol–water partition coefficient (Wildman–Crippen LogP) is 4.09. The number of carbonyl (C=O) groups is 2. The summed E-state index contributed by atoms with van der Waals surface area (Å²) in [6.07, 6.45) is 0.572. The van der Waals surface area contributed by atoms with Crippen molar-refractivity contribution in [2.45, 2.75) is 24.0 Å². The standard InChI is InChI=1S/C21H22F2N2O2S/c1-14-19(26)25(21(28-14)16-7-4-9-18(23)13-16)11-5-10-24(2)20(27)15-6-3-8-17(22)12-15/h3-4,6-9,12-14,21H,5,10-11H2,1-2H3/t14-,21-/m0/s1. The number of amides is 2. The molecule has 0 N–H and O–H groups in total. The third-order valence-electron chi connectivity index (χ3n) is 4.69. The lowest BCUT2D eigenvalue weighted by Crippen LogP contribution is -2.34. The minimum atomic E-state index is -0.453. The molecule has 1 aliphatic heterocycles. The molecule has 0 aliphatic carbocycles. The lowest BCUT2D eigenvalue weighted by atomic mass is 10.2. The molecule has 2 amide bonds. The first-order valence-electron chi connectivity index (χ1n) is 9.09. The molecule has 3 rings (SSSR count). The lowest BCUT2D eigenvalue weighted by Gasteiger charge is -2.25. The molecule has 1 heterocycles. The van der Waals surface area contributed by atoms with Crippen LogP contribution in [0.25, 0.3) is 0 Å². The third kappa shape index (κ3) is 4.52. The molecule has 2 atom stereocenters. The minimum absolute atomic E-state index is 0.0124. The highest BCUT2D eigenvalue weighted by Gasteiger charge is 2.38. The minimum Gasteiger partial charge on any atom is -0.342 e. The van der Waals surface area contributed by atoms with Crippen molar-refractivity contribution in [3.05, 3.63) is 71.3 Å². The predicted molar refractivity (Wildman–Crippen MR) is 106 cm³/mol. The van der Waals surface area contributed by atoms with E-state index in [1.165, 1.54) is 47.0 Å². The molecule has 28 heavy (non-hydrogen) atoms. The van der Waals surface area contributed by atoms with Crippen molar-refractivity contribution in [2.24, 2.45) is 0 Å². The van der Waals surface area contributed by atoms with Crippen molar-refractivity contribution in [3.63, 3.8) is 0 Å². The van der Waals surface area contributed by atoms with Crippen LogP contribution in [0.1, 0.15) is 34.6 Å². The number of hydrogen-bond donors (Lipinski definition) is 0. The summed E-state index contributed by atoms with van der Waals surface area (Å²) in [5.41, 5.74) is 1.05. The number of halogens is 2. The highest BCUT2D eigenvalue weighted by molar-refractivity contribution is 8.01. The average molecular weight is 404 g/mol. The van der Waals surface area contributed by atoms with Crippen LogP contribution in [0.15, 0.2) is 48.5 Å². The fourth-order valence-electron chi connectivity index (χ4n) is 3.24. The van der Waals surface area contributed by atoms with Gasteiger partial charge in [-0.25, -0.2) is 8.78 Å². The van der Waals surface area contributed by atoms with E-state index in [1.807, 2.05) is 13.0 Å². The Morgan fingerprint density at radius 2 is 1.82 bits per heavy atom. The van der Waals surface area contributed by atoms with E-state index >= 15 is 0 Å². The topological polar surface area (TPSA) is 40.6 Å². The Bertz CT molecular complexity index is 877. The van der Waals surface area contributed by atoms with Gasteiger partial charge in [-0.3, -0.25) is 9.59 Å². The van der Waals surface area contributed by atoms with Crippen LogP contribution in [-0.4, -0.2) is 47.0 Å². The van der Waals surface area contributed by atoms with Gasteiger partial charge in [-0.2, -0.15) is 0 Å². The Balaban J connectivity index is 1.62. The molecule has 148 valence electrons. The van der Waals surface area contributed by atoms with Crippen LogP contribution in [0.5, 0.6) is 0 Å². The molecular weight excluding hydrogens is 382 g/mol. The third-order valence-corrected chi connectivity index (χ3v) is 6.09. The van der Waals surface area contributed by atoms with E-state index in [2.05, 4.69) is 0 Å². The van der Waals surface area contributed by atoms with Crippen LogP contribution in [0.2, 0.25) is 0 Å². The number of rotatable bonds is 6. The van der Waals surface area contributed by atoms with Gasteiger partial charge in [0, 0.05) is 25.7 Å². The highest BCUT2D eigenvalue weighted by Crippen LogP contribution is 2.42. The van der Waals surface area contributed by atoms with Crippen LogP contribution >= 0.6 is 11.8 Å². The zero-order chi connectivity index (χ0) is 20.3. The fourth-order valence-corrected chi connectivity index (χ4v) is 4.54. The summed E-state index contributed by atoms with van der Waals surface area (Å²) in [5, 5.41) is -0.428. The van der Waals surface area contributed by atoms with Gasteiger partial charge in [-0.15, -0.1) is 11.8 Å². The number of carbonyl (C=O) groups excluding carboxylic acids is 2. The molecule has 1 aliphatic rings. The monoisotopic (exact) mass is 404 g/mol. The number of hydrogen-bond acceptors (Lipinski definition) is 3. The maximum absolute atomic E-state index is 13.6. The summed E-state index contributed by atoms with van der Waals surface area (Å²) in [5.74, 6) is -1.04. The van der Waals surface area contributed by atoms with E-state index < -0.39 is 5.82 Å². The van der Waals surface area contributed by atoms with Crippen molar-refractivity contribution in [3.8, 4) is 0 Å². The van der Waals surface area contributed by atoms with Gasteiger partial charge in [-0.05, 0) is 49.2 Å². The molecule has 2 aromatic rings.